The van der Waals surface area contributed by atoms with Gasteiger partial charge in [0.2, 0.25) is 0 Å². The van der Waals surface area contributed by atoms with Crippen molar-refractivity contribution in [3.8, 4) is 0 Å². The van der Waals surface area contributed by atoms with Crippen molar-refractivity contribution in [3.05, 3.63) is 0 Å². The van der Waals surface area contributed by atoms with Crippen LogP contribution in [0.5, 0.6) is 0 Å². The first-order valence-electron chi connectivity index (χ1n) is 3.78. The third kappa shape index (κ3) is 1.27. The predicted octanol–water partition coefficient (Wildman–Crippen LogP) is -1.12. The molecule has 1 heterocycles. The minimum absolute atomic E-state index is 0.107. The molecule has 0 saturated carbocycles. The lowest BCUT2D eigenvalue weighted by atomic mass is 9.91. The number of aliphatic hydroxyl groups excluding tert-OH is 2. The highest BCUT2D eigenvalue weighted by atomic mass is 16.5. The quantitative estimate of drug-likeness (QED) is 0.481. The maximum Gasteiger partial charge on any atom is 0.121 e. The minimum Gasteiger partial charge on any atom is -0.394 e. The van der Waals surface area contributed by atoms with Crippen molar-refractivity contribution in [1.29, 1.82) is 0 Å². The van der Waals surface area contributed by atoms with Gasteiger partial charge >= 0.3 is 0 Å². The molecule has 3 atom stereocenters. The zero-order valence-electron chi connectivity index (χ0n) is 6.53. The topological polar surface area (TPSA) is 69.9 Å². The molecule has 0 unspecified atom stereocenters. The fourth-order valence-corrected chi connectivity index (χ4v) is 1.38. The second-order valence-electron chi connectivity index (χ2n) is 2.87. The van der Waals surface area contributed by atoms with Crippen molar-refractivity contribution >= 4 is 0 Å². The van der Waals surface area contributed by atoms with Crippen LogP contribution in [0.3, 0.4) is 0 Å². The molecule has 1 saturated heterocycles. The van der Waals surface area contributed by atoms with Crippen LogP contribution < -0.4 is 0 Å². The molecule has 0 amide bonds. The van der Waals surface area contributed by atoms with Gasteiger partial charge in [-0.25, -0.2) is 0 Å². The molecule has 1 aliphatic heterocycles. The van der Waals surface area contributed by atoms with E-state index in [1.165, 1.54) is 0 Å². The van der Waals surface area contributed by atoms with Gasteiger partial charge < -0.3 is 20.1 Å². The van der Waals surface area contributed by atoms with Gasteiger partial charge in [-0.05, 0) is 6.42 Å². The van der Waals surface area contributed by atoms with Crippen molar-refractivity contribution in [2.24, 2.45) is 0 Å². The summed E-state index contributed by atoms with van der Waals surface area (Å²) in [5.41, 5.74) is -1.26. The predicted molar refractivity (Wildman–Crippen MR) is 38.1 cm³/mol. The third-order valence-corrected chi connectivity index (χ3v) is 2.32. The van der Waals surface area contributed by atoms with Gasteiger partial charge in [-0.15, -0.1) is 0 Å². The molecule has 0 spiro atoms. The van der Waals surface area contributed by atoms with Gasteiger partial charge in [0, 0.05) is 0 Å². The number of ether oxygens (including phenoxy) is 1. The summed E-state index contributed by atoms with van der Waals surface area (Å²) in [4.78, 5) is 0. The van der Waals surface area contributed by atoms with Crippen LogP contribution in [0.4, 0.5) is 0 Å². The van der Waals surface area contributed by atoms with E-state index in [9.17, 15) is 10.2 Å². The minimum atomic E-state index is -1.26. The van der Waals surface area contributed by atoms with E-state index in [0.29, 0.717) is 6.42 Å². The van der Waals surface area contributed by atoms with Crippen molar-refractivity contribution in [1.82, 2.24) is 0 Å². The zero-order valence-corrected chi connectivity index (χ0v) is 6.53. The van der Waals surface area contributed by atoms with Crippen LogP contribution >= 0.6 is 0 Å². The standard InChI is InChI=1S/C7H14O4/c1-2-7(10)5(9)4-11-6(7)3-8/h5-6,8-10H,2-4H2,1H3/t5-,6+,7-/m0/s1. The normalized spacial score (nSPS) is 44.7. The van der Waals surface area contributed by atoms with Crippen molar-refractivity contribution in [2.45, 2.75) is 31.2 Å². The van der Waals surface area contributed by atoms with Crippen LogP contribution in [-0.4, -0.2) is 46.3 Å². The van der Waals surface area contributed by atoms with Crippen LogP contribution in [0.15, 0.2) is 0 Å². The SMILES string of the molecule is CC[C@]1(O)[C@@H](O)CO[C@@H]1CO. The lowest BCUT2D eigenvalue weighted by Gasteiger charge is -2.28. The van der Waals surface area contributed by atoms with Gasteiger partial charge in [0.25, 0.3) is 0 Å². The highest BCUT2D eigenvalue weighted by molar-refractivity contribution is 4.97. The summed E-state index contributed by atoms with van der Waals surface area (Å²) < 4.78 is 4.97. The Bertz CT molecular complexity index is 138. The monoisotopic (exact) mass is 162 g/mol. The van der Waals surface area contributed by atoms with E-state index in [1.54, 1.807) is 6.92 Å². The fourth-order valence-electron chi connectivity index (χ4n) is 1.38. The Morgan fingerprint density at radius 1 is 1.64 bits per heavy atom. The molecule has 3 N–H and O–H groups in total. The van der Waals surface area contributed by atoms with Gasteiger partial charge in [0.15, 0.2) is 0 Å². The lowest BCUT2D eigenvalue weighted by Crippen LogP contribution is -2.47. The first-order valence-corrected chi connectivity index (χ1v) is 3.78. The molecule has 1 aliphatic rings. The summed E-state index contributed by atoms with van der Waals surface area (Å²) in [5, 5.41) is 27.7. The summed E-state index contributed by atoms with van der Waals surface area (Å²) in [7, 11) is 0. The van der Waals surface area contributed by atoms with Gasteiger partial charge in [-0.2, -0.15) is 0 Å². The second-order valence-corrected chi connectivity index (χ2v) is 2.87. The van der Waals surface area contributed by atoms with Gasteiger partial charge in [0.05, 0.1) is 13.2 Å². The number of rotatable bonds is 2. The van der Waals surface area contributed by atoms with Crippen LogP contribution in [-0.2, 0) is 4.74 Å². The molecule has 0 bridgehead atoms. The Hall–Kier alpha value is -0.160. The van der Waals surface area contributed by atoms with Crippen molar-refractivity contribution in [3.63, 3.8) is 0 Å². The van der Waals surface area contributed by atoms with E-state index in [2.05, 4.69) is 0 Å². The molecule has 0 aliphatic carbocycles. The second kappa shape index (κ2) is 3.06. The maximum absolute atomic E-state index is 9.69. The molecule has 1 fully saturated rings. The molecule has 0 aromatic heterocycles. The average molecular weight is 162 g/mol. The summed E-state index contributed by atoms with van der Waals surface area (Å²) >= 11 is 0. The van der Waals surface area contributed by atoms with E-state index in [-0.39, 0.29) is 13.2 Å². The Kier molecular flexibility index (Phi) is 2.49. The van der Waals surface area contributed by atoms with Gasteiger partial charge in [-0.3, -0.25) is 0 Å². The molecule has 4 nitrogen and oxygen atoms in total. The number of hydrogen-bond acceptors (Lipinski definition) is 4. The maximum atomic E-state index is 9.69. The molecule has 4 heteroatoms. The average Bonchev–Trinajstić information content (AvgIpc) is 2.30. The summed E-state index contributed by atoms with van der Waals surface area (Å²) in [5.74, 6) is 0. The smallest absolute Gasteiger partial charge is 0.121 e. The lowest BCUT2D eigenvalue weighted by molar-refractivity contribution is -0.0939. The van der Waals surface area contributed by atoms with E-state index < -0.39 is 17.8 Å². The Balaban J connectivity index is 2.70. The van der Waals surface area contributed by atoms with Crippen molar-refractivity contribution < 1.29 is 20.1 Å². The van der Waals surface area contributed by atoms with Crippen molar-refractivity contribution in [2.75, 3.05) is 13.2 Å². The molecular weight excluding hydrogens is 148 g/mol. The van der Waals surface area contributed by atoms with E-state index in [0.717, 1.165) is 0 Å². The number of aliphatic hydroxyl groups is 3. The molecular formula is C7H14O4. The Morgan fingerprint density at radius 2 is 2.27 bits per heavy atom. The molecule has 1 rings (SSSR count). The highest BCUT2D eigenvalue weighted by Gasteiger charge is 2.47. The van der Waals surface area contributed by atoms with Crippen LogP contribution in [0.1, 0.15) is 13.3 Å². The molecule has 66 valence electrons. The molecule has 11 heavy (non-hydrogen) atoms. The molecule has 0 radical (unpaired) electrons. The fraction of sp³-hybridized carbons (Fsp3) is 1.00. The summed E-state index contributed by atoms with van der Waals surface area (Å²) in [6.45, 7) is 1.61. The zero-order chi connectivity index (χ0) is 8.48. The number of hydrogen-bond donors (Lipinski definition) is 3. The van der Waals surface area contributed by atoms with E-state index >= 15 is 0 Å². The Morgan fingerprint density at radius 3 is 2.64 bits per heavy atom. The first-order chi connectivity index (χ1) is 5.15. The largest absolute Gasteiger partial charge is 0.394 e. The summed E-state index contributed by atoms with van der Waals surface area (Å²) in [6, 6.07) is 0. The van der Waals surface area contributed by atoms with Gasteiger partial charge in [-0.1, -0.05) is 6.92 Å². The highest BCUT2D eigenvalue weighted by Crippen LogP contribution is 2.28. The van der Waals surface area contributed by atoms with Gasteiger partial charge in [0.1, 0.15) is 17.8 Å². The summed E-state index contributed by atoms with van der Waals surface area (Å²) in [6.07, 6.45) is -1.12. The third-order valence-electron chi connectivity index (χ3n) is 2.32. The Labute approximate surface area is 65.4 Å². The van der Waals surface area contributed by atoms with Crippen LogP contribution in [0.25, 0.3) is 0 Å². The molecule has 0 aromatic carbocycles. The van der Waals surface area contributed by atoms with E-state index in [4.69, 9.17) is 9.84 Å². The van der Waals surface area contributed by atoms with E-state index in [1.807, 2.05) is 0 Å². The first kappa shape index (κ1) is 8.93. The molecule has 0 aromatic rings. The van der Waals surface area contributed by atoms with Crippen LogP contribution in [0.2, 0.25) is 0 Å². The van der Waals surface area contributed by atoms with Crippen LogP contribution in [0, 0.1) is 0 Å².